The van der Waals surface area contributed by atoms with E-state index in [4.69, 9.17) is 0 Å². The zero-order valence-electron chi connectivity index (χ0n) is 9.65. The van der Waals surface area contributed by atoms with E-state index >= 15 is 0 Å². The molecule has 2 atom stereocenters. The number of aromatic nitrogens is 1. The quantitative estimate of drug-likeness (QED) is 0.745. The Morgan fingerprint density at radius 3 is 2.56 bits per heavy atom. The first-order chi connectivity index (χ1) is 7.41. The van der Waals surface area contributed by atoms with Gasteiger partial charge in [-0.3, -0.25) is 4.79 Å². The summed E-state index contributed by atoms with van der Waals surface area (Å²) in [4.78, 5) is 13.7. The van der Waals surface area contributed by atoms with Crippen molar-refractivity contribution in [3.63, 3.8) is 0 Å². The molecule has 0 bridgehead atoms. The normalized spacial score (nSPS) is 14.8. The second-order valence-corrected chi connectivity index (χ2v) is 5.06. The highest BCUT2D eigenvalue weighted by atomic mass is 32.2. The molecular weight excluding hydrogens is 226 g/mol. The lowest BCUT2D eigenvalue weighted by Gasteiger charge is -2.16. The van der Waals surface area contributed by atoms with Crippen LogP contribution in [0.1, 0.15) is 30.0 Å². The highest BCUT2D eigenvalue weighted by molar-refractivity contribution is 8.13. The Balaban J connectivity index is 2.66. The molecule has 0 aliphatic heterocycles. The summed E-state index contributed by atoms with van der Waals surface area (Å²) in [5.74, 6) is 0.202. The molecule has 1 heterocycles. The van der Waals surface area contributed by atoms with Gasteiger partial charge in [0.25, 0.3) is 0 Å². The molecule has 0 spiro atoms. The largest absolute Gasteiger partial charge is 0.389 e. The van der Waals surface area contributed by atoms with E-state index in [1.54, 1.807) is 0 Å². The number of hydrogen-bond acceptors (Lipinski definition) is 4. The highest BCUT2D eigenvalue weighted by Crippen LogP contribution is 2.22. The minimum Gasteiger partial charge on any atom is -0.389 e. The number of carbonyl (C=O) groups is 1. The smallest absolute Gasteiger partial charge is 0.185 e. The van der Waals surface area contributed by atoms with E-state index in [0.29, 0.717) is 5.69 Å². The van der Waals surface area contributed by atoms with Crippen molar-refractivity contribution in [2.24, 2.45) is 0 Å². The molecule has 3 N–H and O–H groups in total. The van der Waals surface area contributed by atoms with E-state index in [-0.39, 0.29) is 10.9 Å². The molecule has 1 rings (SSSR count). The number of nitrogens with one attached hydrogen (secondary N) is 1. The molecule has 0 saturated heterocycles. The van der Waals surface area contributed by atoms with Crippen molar-refractivity contribution in [1.82, 2.24) is 4.98 Å². The molecule has 0 aromatic carbocycles. The number of aliphatic hydroxyl groups excluding tert-OH is 2. The van der Waals surface area contributed by atoms with E-state index < -0.39 is 12.2 Å². The lowest BCUT2D eigenvalue weighted by atomic mass is 10.1. The molecule has 1 aromatic heterocycles. The maximum Gasteiger partial charge on any atom is 0.185 e. The van der Waals surface area contributed by atoms with E-state index in [0.717, 1.165) is 23.0 Å². The summed E-state index contributed by atoms with van der Waals surface area (Å²) in [6.45, 7) is 5.20. The fourth-order valence-electron chi connectivity index (χ4n) is 1.54. The number of carbonyl (C=O) groups excluding carboxylic acids is 1. The highest BCUT2D eigenvalue weighted by Gasteiger charge is 2.22. The molecule has 4 nitrogen and oxygen atoms in total. The van der Waals surface area contributed by atoms with Crippen molar-refractivity contribution in [2.45, 2.75) is 33.0 Å². The number of aliphatic hydroxyl groups is 2. The van der Waals surface area contributed by atoms with Crippen LogP contribution >= 0.6 is 11.8 Å². The summed E-state index contributed by atoms with van der Waals surface area (Å²) in [5.41, 5.74) is 2.48. The molecule has 90 valence electrons. The van der Waals surface area contributed by atoms with E-state index in [2.05, 4.69) is 4.98 Å². The number of aromatic amines is 1. The summed E-state index contributed by atoms with van der Waals surface area (Å²) in [6.07, 6.45) is -1.91. The van der Waals surface area contributed by atoms with Crippen molar-refractivity contribution in [1.29, 1.82) is 0 Å². The molecule has 1 aromatic rings. The number of rotatable bonds is 4. The van der Waals surface area contributed by atoms with Gasteiger partial charge in [0, 0.05) is 24.1 Å². The van der Waals surface area contributed by atoms with Crippen LogP contribution in [0.5, 0.6) is 0 Å². The summed E-state index contributed by atoms with van der Waals surface area (Å²) in [7, 11) is 0. The van der Waals surface area contributed by atoms with E-state index in [1.807, 2.05) is 19.9 Å². The minimum absolute atomic E-state index is 0.0642. The van der Waals surface area contributed by atoms with Gasteiger partial charge in [-0.1, -0.05) is 11.8 Å². The first-order valence-electron chi connectivity index (χ1n) is 5.07. The molecular formula is C11H17NO3S. The monoisotopic (exact) mass is 243 g/mol. The maximum atomic E-state index is 10.7. The van der Waals surface area contributed by atoms with Crippen LogP contribution in [0.25, 0.3) is 0 Å². The topological polar surface area (TPSA) is 73.3 Å². The van der Waals surface area contributed by atoms with Gasteiger partial charge in [-0.05, 0) is 25.5 Å². The zero-order chi connectivity index (χ0) is 12.3. The van der Waals surface area contributed by atoms with Crippen molar-refractivity contribution in [3.8, 4) is 0 Å². The SMILES string of the molecule is CC(=O)SCC(O)C(O)c1[nH]c(C)cc1C. The standard InChI is InChI=1S/C11H17NO3S/c1-6-4-7(2)12-10(6)11(15)9(14)5-16-8(3)13/h4,9,11-12,14-15H,5H2,1-3H3. The minimum atomic E-state index is -0.972. The van der Waals surface area contributed by atoms with Crippen molar-refractivity contribution in [2.75, 3.05) is 5.75 Å². The average Bonchev–Trinajstić information content (AvgIpc) is 2.53. The summed E-state index contributed by atoms with van der Waals surface area (Å²) in [5, 5.41) is 19.5. The van der Waals surface area contributed by atoms with E-state index in [9.17, 15) is 15.0 Å². The average molecular weight is 243 g/mol. The zero-order valence-corrected chi connectivity index (χ0v) is 10.5. The van der Waals surface area contributed by atoms with Crippen LogP contribution < -0.4 is 0 Å². The number of H-pyrrole nitrogens is 1. The van der Waals surface area contributed by atoms with E-state index in [1.165, 1.54) is 6.92 Å². The Morgan fingerprint density at radius 1 is 1.50 bits per heavy atom. The third kappa shape index (κ3) is 3.37. The summed E-state index contributed by atoms with van der Waals surface area (Å²) in [6, 6.07) is 1.91. The van der Waals surface area contributed by atoms with Gasteiger partial charge in [-0.25, -0.2) is 0 Å². The van der Waals surface area contributed by atoms with Crippen molar-refractivity contribution in [3.05, 3.63) is 23.0 Å². The second kappa shape index (κ2) is 5.52. The number of thioether (sulfide) groups is 1. The summed E-state index contributed by atoms with van der Waals surface area (Å²) >= 11 is 1.01. The maximum absolute atomic E-state index is 10.7. The predicted octanol–water partition coefficient (Wildman–Crippen LogP) is 1.31. The van der Waals surface area contributed by atoms with Crippen LogP contribution in [0.15, 0.2) is 6.07 Å². The van der Waals surface area contributed by atoms with Gasteiger partial charge in [0.1, 0.15) is 6.10 Å². The number of aryl methyl sites for hydroxylation is 2. The van der Waals surface area contributed by atoms with Crippen LogP contribution in [-0.2, 0) is 4.79 Å². The molecule has 2 unspecified atom stereocenters. The Bertz CT molecular complexity index is 375. The molecule has 0 amide bonds. The second-order valence-electron chi connectivity index (χ2n) is 3.86. The van der Waals surface area contributed by atoms with Crippen LogP contribution in [0.4, 0.5) is 0 Å². The molecule has 0 fully saturated rings. The molecule has 0 saturated carbocycles. The fourth-order valence-corrected chi connectivity index (χ4v) is 2.13. The number of hydrogen-bond donors (Lipinski definition) is 3. The first kappa shape index (κ1) is 13.3. The third-order valence-electron chi connectivity index (χ3n) is 2.31. The Morgan fingerprint density at radius 2 is 2.12 bits per heavy atom. The van der Waals surface area contributed by atoms with Gasteiger partial charge < -0.3 is 15.2 Å². The fraction of sp³-hybridized carbons (Fsp3) is 0.545. The van der Waals surface area contributed by atoms with Gasteiger partial charge in [0.15, 0.2) is 5.12 Å². The van der Waals surface area contributed by atoms with Crippen molar-refractivity contribution >= 4 is 16.9 Å². The summed E-state index contributed by atoms with van der Waals surface area (Å²) < 4.78 is 0. The van der Waals surface area contributed by atoms with Crippen molar-refractivity contribution < 1.29 is 15.0 Å². The molecule has 0 aliphatic carbocycles. The van der Waals surface area contributed by atoms with Crippen LogP contribution in [0.3, 0.4) is 0 Å². The molecule has 16 heavy (non-hydrogen) atoms. The molecule has 0 radical (unpaired) electrons. The third-order valence-corrected chi connectivity index (χ3v) is 3.22. The first-order valence-corrected chi connectivity index (χ1v) is 6.06. The van der Waals surface area contributed by atoms with Gasteiger partial charge in [-0.2, -0.15) is 0 Å². The van der Waals surface area contributed by atoms with Gasteiger partial charge in [-0.15, -0.1) is 0 Å². The van der Waals surface area contributed by atoms with Crippen LogP contribution in [-0.4, -0.2) is 32.2 Å². The molecule has 5 heteroatoms. The van der Waals surface area contributed by atoms with Gasteiger partial charge >= 0.3 is 0 Å². The van der Waals surface area contributed by atoms with Crippen LogP contribution in [0, 0.1) is 13.8 Å². The Kier molecular flexibility index (Phi) is 4.58. The van der Waals surface area contributed by atoms with Crippen LogP contribution in [0.2, 0.25) is 0 Å². The van der Waals surface area contributed by atoms with Gasteiger partial charge in [0.05, 0.1) is 6.10 Å². The lowest BCUT2D eigenvalue weighted by molar-refractivity contribution is -0.109. The molecule has 0 aliphatic rings. The predicted molar refractivity (Wildman–Crippen MR) is 64.4 cm³/mol. The van der Waals surface area contributed by atoms with Gasteiger partial charge in [0.2, 0.25) is 0 Å². The Hall–Kier alpha value is -0.780. The lowest BCUT2D eigenvalue weighted by Crippen LogP contribution is -2.22. The Labute approximate surface area is 99.1 Å².